The molecule has 0 amide bonds. The molecule has 1 aromatic rings. The third kappa shape index (κ3) is 4.08. The lowest BCUT2D eigenvalue weighted by atomic mass is 9.68. The van der Waals surface area contributed by atoms with Gasteiger partial charge in [0.2, 0.25) is 0 Å². The van der Waals surface area contributed by atoms with Gasteiger partial charge in [0.25, 0.3) is 0 Å². The highest BCUT2D eigenvalue weighted by atomic mass is 32.1. The van der Waals surface area contributed by atoms with Gasteiger partial charge in [-0.15, -0.1) is 11.3 Å². The third-order valence-electron chi connectivity index (χ3n) is 4.99. The quantitative estimate of drug-likeness (QED) is 0.710. The van der Waals surface area contributed by atoms with Crippen LogP contribution in [0.2, 0.25) is 0 Å². The van der Waals surface area contributed by atoms with E-state index in [9.17, 15) is 0 Å². The maximum absolute atomic E-state index is 3.66. The van der Waals surface area contributed by atoms with Gasteiger partial charge in [-0.2, -0.15) is 0 Å². The molecule has 1 N–H and O–H groups in total. The summed E-state index contributed by atoms with van der Waals surface area (Å²) in [5.41, 5.74) is 1.61. The van der Waals surface area contributed by atoms with Gasteiger partial charge in [-0.3, -0.25) is 0 Å². The predicted octanol–water partition coefficient (Wildman–Crippen LogP) is 5.21. The molecule has 0 bridgehead atoms. The van der Waals surface area contributed by atoms with Crippen molar-refractivity contribution in [3.05, 3.63) is 21.9 Å². The number of nitrogens with one attached hydrogen (secondary N) is 1. The van der Waals surface area contributed by atoms with Crippen LogP contribution in [-0.4, -0.2) is 13.1 Å². The van der Waals surface area contributed by atoms with Crippen LogP contribution in [0.5, 0.6) is 0 Å². The highest BCUT2D eigenvalue weighted by molar-refractivity contribution is 7.10. The van der Waals surface area contributed by atoms with Crippen LogP contribution < -0.4 is 5.32 Å². The highest BCUT2D eigenvalue weighted by Gasteiger charge is 2.32. The molecule has 1 aromatic heterocycles. The number of hydrogen-bond acceptors (Lipinski definition) is 2. The first-order valence-corrected chi connectivity index (χ1v) is 9.25. The van der Waals surface area contributed by atoms with E-state index in [4.69, 9.17) is 0 Å². The summed E-state index contributed by atoms with van der Waals surface area (Å²) in [6.45, 7) is 11.7. The predicted molar refractivity (Wildman–Crippen MR) is 90.6 cm³/mol. The summed E-state index contributed by atoms with van der Waals surface area (Å²) in [7, 11) is 0. The first kappa shape index (κ1) is 16.0. The Balaban J connectivity index is 2.05. The lowest BCUT2D eigenvalue weighted by molar-refractivity contribution is 0.191. The van der Waals surface area contributed by atoms with Crippen LogP contribution in [0.15, 0.2) is 11.4 Å². The SMILES string of the molecule is CCCNCC1CCC(C(C)C)CC1c1csc(C)c1. The maximum atomic E-state index is 3.66. The molecule has 2 heteroatoms. The Kier molecular flexibility index (Phi) is 6.10. The lowest BCUT2D eigenvalue weighted by Crippen LogP contribution is -2.33. The molecule has 1 nitrogen and oxygen atoms in total. The molecule has 114 valence electrons. The van der Waals surface area contributed by atoms with Gasteiger partial charge in [-0.25, -0.2) is 0 Å². The van der Waals surface area contributed by atoms with E-state index in [1.807, 2.05) is 11.3 Å². The smallest absolute Gasteiger partial charge is 0.00171 e. The van der Waals surface area contributed by atoms with Gasteiger partial charge in [0.1, 0.15) is 0 Å². The fourth-order valence-corrected chi connectivity index (χ4v) is 4.42. The van der Waals surface area contributed by atoms with Crippen molar-refractivity contribution in [1.29, 1.82) is 0 Å². The molecular weight excluding hydrogens is 262 g/mol. The second-order valence-electron chi connectivity index (χ2n) is 6.88. The van der Waals surface area contributed by atoms with Crippen molar-refractivity contribution in [3.63, 3.8) is 0 Å². The molecule has 1 saturated carbocycles. The molecule has 20 heavy (non-hydrogen) atoms. The fourth-order valence-electron chi connectivity index (χ4n) is 3.65. The summed E-state index contributed by atoms with van der Waals surface area (Å²) in [6, 6.07) is 2.44. The number of thiophene rings is 1. The monoisotopic (exact) mass is 293 g/mol. The molecule has 3 unspecified atom stereocenters. The minimum Gasteiger partial charge on any atom is -0.316 e. The second-order valence-corrected chi connectivity index (χ2v) is 7.99. The van der Waals surface area contributed by atoms with Gasteiger partial charge >= 0.3 is 0 Å². The van der Waals surface area contributed by atoms with Gasteiger partial charge in [0, 0.05) is 4.88 Å². The van der Waals surface area contributed by atoms with Crippen LogP contribution in [0.4, 0.5) is 0 Å². The van der Waals surface area contributed by atoms with E-state index in [-0.39, 0.29) is 0 Å². The maximum Gasteiger partial charge on any atom is 0.00171 e. The van der Waals surface area contributed by atoms with Crippen LogP contribution in [0, 0.1) is 24.7 Å². The molecule has 1 aliphatic carbocycles. The Hall–Kier alpha value is -0.340. The van der Waals surface area contributed by atoms with Crippen LogP contribution in [0.1, 0.15) is 62.8 Å². The highest BCUT2D eigenvalue weighted by Crippen LogP contribution is 2.43. The van der Waals surface area contributed by atoms with Crippen molar-refractivity contribution >= 4 is 11.3 Å². The zero-order valence-corrected chi connectivity index (χ0v) is 14.4. The topological polar surface area (TPSA) is 12.0 Å². The first-order chi connectivity index (χ1) is 9.61. The Morgan fingerprint density at radius 3 is 2.75 bits per heavy atom. The van der Waals surface area contributed by atoms with Crippen LogP contribution in [-0.2, 0) is 0 Å². The largest absolute Gasteiger partial charge is 0.316 e. The zero-order valence-electron chi connectivity index (χ0n) is 13.6. The third-order valence-corrected chi connectivity index (χ3v) is 5.87. The number of rotatable bonds is 6. The molecule has 0 aliphatic heterocycles. The Morgan fingerprint density at radius 2 is 2.15 bits per heavy atom. The van der Waals surface area contributed by atoms with Crippen LogP contribution >= 0.6 is 11.3 Å². The van der Waals surface area contributed by atoms with Crippen molar-refractivity contribution in [3.8, 4) is 0 Å². The van der Waals surface area contributed by atoms with E-state index >= 15 is 0 Å². The summed E-state index contributed by atoms with van der Waals surface area (Å²) < 4.78 is 0. The van der Waals surface area contributed by atoms with Gasteiger partial charge in [-0.1, -0.05) is 20.8 Å². The van der Waals surface area contributed by atoms with E-state index in [2.05, 4.69) is 44.5 Å². The first-order valence-electron chi connectivity index (χ1n) is 8.37. The Bertz CT molecular complexity index is 396. The molecule has 1 fully saturated rings. The summed E-state index contributed by atoms with van der Waals surface area (Å²) in [5.74, 6) is 3.38. The standard InChI is InChI=1S/C18H31NS/c1-5-8-19-11-16-7-6-15(13(2)3)10-18(16)17-9-14(4)20-12-17/h9,12-13,15-16,18-19H,5-8,10-11H2,1-4H3. The van der Waals surface area contributed by atoms with Crippen LogP contribution in [0.3, 0.4) is 0 Å². The Labute approximate surface area is 129 Å². The van der Waals surface area contributed by atoms with Gasteiger partial charge in [0.05, 0.1) is 0 Å². The average molecular weight is 294 g/mol. The van der Waals surface area contributed by atoms with Gasteiger partial charge < -0.3 is 5.32 Å². The molecule has 2 rings (SSSR count). The molecular formula is C18H31NS. The molecule has 1 heterocycles. The van der Waals surface area contributed by atoms with E-state index < -0.39 is 0 Å². The van der Waals surface area contributed by atoms with E-state index in [0.29, 0.717) is 0 Å². The molecule has 0 radical (unpaired) electrons. The molecule has 0 aromatic carbocycles. The lowest BCUT2D eigenvalue weighted by Gasteiger charge is -2.38. The van der Waals surface area contributed by atoms with E-state index in [1.54, 1.807) is 5.56 Å². The summed E-state index contributed by atoms with van der Waals surface area (Å²) in [4.78, 5) is 1.46. The fraction of sp³-hybridized carbons (Fsp3) is 0.778. The summed E-state index contributed by atoms with van der Waals surface area (Å²) in [6.07, 6.45) is 5.46. The molecule has 3 atom stereocenters. The molecule has 0 saturated heterocycles. The van der Waals surface area contributed by atoms with E-state index in [0.717, 1.165) is 23.7 Å². The van der Waals surface area contributed by atoms with Crippen molar-refractivity contribution < 1.29 is 0 Å². The average Bonchev–Trinajstić information content (AvgIpc) is 2.85. The van der Waals surface area contributed by atoms with Crippen molar-refractivity contribution in [1.82, 2.24) is 5.32 Å². The van der Waals surface area contributed by atoms with Crippen LogP contribution in [0.25, 0.3) is 0 Å². The van der Waals surface area contributed by atoms with Crippen molar-refractivity contribution in [2.75, 3.05) is 13.1 Å². The minimum atomic E-state index is 0.783. The minimum absolute atomic E-state index is 0.783. The zero-order chi connectivity index (χ0) is 14.5. The summed E-state index contributed by atoms with van der Waals surface area (Å²) in [5, 5.41) is 6.07. The molecule has 1 aliphatic rings. The van der Waals surface area contributed by atoms with E-state index in [1.165, 1.54) is 43.6 Å². The van der Waals surface area contributed by atoms with Gasteiger partial charge in [-0.05, 0) is 86.4 Å². The van der Waals surface area contributed by atoms with Crippen molar-refractivity contribution in [2.24, 2.45) is 17.8 Å². The normalized spacial score (nSPS) is 27.1. The number of aryl methyl sites for hydroxylation is 1. The molecule has 0 spiro atoms. The van der Waals surface area contributed by atoms with Gasteiger partial charge in [0.15, 0.2) is 0 Å². The second kappa shape index (κ2) is 7.61. The van der Waals surface area contributed by atoms with Crippen molar-refractivity contribution in [2.45, 2.75) is 59.3 Å². The summed E-state index contributed by atoms with van der Waals surface area (Å²) >= 11 is 1.92. The number of hydrogen-bond donors (Lipinski definition) is 1. The Morgan fingerprint density at radius 1 is 1.35 bits per heavy atom.